The van der Waals surface area contributed by atoms with Crippen LogP contribution in [-0.4, -0.2) is 21.5 Å². The van der Waals surface area contributed by atoms with Crippen LogP contribution in [0.1, 0.15) is 17.0 Å². The first kappa shape index (κ1) is 17.3. The molecule has 4 aromatic rings. The molecule has 0 bridgehead atoms. The highest BCUT2D eigenvalue weighted by Crippen LogP contribution is 2.30. The summed E-state index contributed by atoms with van der Waals surface area (Å²) in [5.41, 5.74) is 3.35. The van der Waals surface area contributed by atoms with E-state index < -0.39 is 12.0 Å². The molecule has 27 heavy (non-hydrogen) atoms. The van der Waals surface area contributed by atoms with Gasteiger partial charge in [0.2, 0.25) is 5.82 Å². The van der Waals surface area contributed by atoms with Crippen molar-refractivity contribution >= 4 is 27.6 Å². The van der Waals surface area contributed by atoms with Crippen molar-refractivity contribution in [2.45, 2.75) is 19.5 Å². The van der Waals surface area contributed by atoms with E-state index >= 15 is 0 Å². The van der Waals surface area contributed by atoms with Crippen LogP contribution < -0.4 is 5.32 Å². The number of hydrogen-bond acceptors (Lipinski definition) is 3. The van der Waals surface area contributed by atoms with Gasteiger partial charge in [0, 0.05) is 29.0 Å². The highest BCUT2D eigenvalue weighted by atomic mass is 19.4. The van der Waals surface area contributed by atoms with Gasteiger partial charge in [0.25, 0.3) is 0 Å². The number of halogens is 3. The second kappa shape index (κ2) is 6.57. The number of fused-ring (bicyclic) bond motifs is 2. The zero-order valence-electron chi connectivity index (χ0n) is 14.6. The molecule has 0 spiro atoms. The molecule has 4 nitrogen and oxygen atoms in total. The van der Waals surface area contributed by atoms with Gasteiger partial charge in [-0.2, -0.15) is 13.2 Å². The molecular weight excluding hydrogens is 353 g/mol. The SMILES string of the molecule is Cc1ccc2nc(C(F)(F)F)nc(NCCc3c[nH]c4ccccc34)c2c1. The topological polar surface area (TPSA) is 53.6 Å². The first-order chi connectivity index (χ1) is 12.9. The molecule has 7 heteroatoms. The Balaban J connectivity index is 1.63. The molecule has 4 rings (SSSR count). The summed E-state index contributed by atoms with van der Waals surface area (Å²) in [6.07, 6.45) is -2.01. The van der Waals surface area contributed by atoms with Crippen LogP contribution in [0, 0.1) is 6.92 Å². The molecule has 0 fully saturated rings. The lowest BCUT2D eigenvalue weighted by Crippen LogP contribution is -2.14. The fourth-order valence-electron chi connectivity index (χ4n) is 3.16. The van der Waals surface area contributed by atoms with E-state index in [1.54, 1.807) is 18.2 Å². The van der Waals surface area contributed by atoms with Crippen molar-refractivity contribution in [1.29, 1.82) is 0 Å². The smallest absolute Gasteiger partial charge is 0.369 e. The lowest BCUT2D eigenvalue weighted by molar-refractivity contribution is -0.144. The molecule has 0 radical (unpaired) electrons. The Morgan fingerprint density at radius 1 is 1.04 bits per heavy atom. The summed E-state index contributed by atoms with van der Waals surface area (Å²) in [4.78, 5) is 10.6. The predicted molar refractivity (Wildman–Crippen MR) is 99.8 cm³/mol. The molecule has 0 saturated carbocycles. The van der Waals surface area contributed by atoms with Gasteiger partial charge in [0.1, 0.15) is 5.82 Å². The highest BCUT2D eigenvalue weighted by Gasteiger charge is 2.35. The number of H-pyrrole nitrogens is 1. The van der Waals surface area contributed by atoms with Gasteiger partial charge in [-0.1, -0.05) is 29.8 Å². The second-order valence-corrected chi connectivity index (χ2v) is 6.45. The molecule has 0 amide bonds. The van der Waals surface area contributed by atoms with Crippen LogP contribution in [-0.2, 0) is 12.6 Å². The number of hydrogen-bond donors (Lipinski definition) is 2. The Labute approximate surface area is 153 Å². The van der Waals surface area contributed by atoms with E-state index in [9.17, 15) is 13.2 Å². The van der Waals surface area contributed by atoms with Crippen LogP contribution in [0.25, 0.3) is 21.8 Å². The van der Waals surface area contributed by atoms with E-state index in [4.69, 9.17) is 0 Å². The molecule has 2 aromatic carbocycles. The van der Waals surface area contributed by atoms with E-state index in [0.717, 1.165) is 22.0 Å². The van der Waals surface area contributed by atoms with Crippen molar-refractivity contribution in [3.63, 3.8) is 0 Å². The number of aromatic nitrogens is 3. The van der Waals surface area contributed by atoms with Crippen molar-refractivity contribution in [3.8, 4) is 0 Å². The monoisotopic (exact) mass is 370 g/mol. The number of alkyl halides is 3. The molecule has 138 valence electrons. The van der Waals surface area contributed by atoms with Crippen molar-refractivity contribution < 1.29 is 13.2 Å². The number of aryl methyl sites for hydroxylation is 1. The molecule has 0 unspecified atom stereocenters. The third-order valence-corrected chi connectivity index (χ3v) is 4.47. The zero-order valence-corrected chi connectivity index (χ0v) is 14.6. The normalized spacial score (nSPS) is 12.0. The van der Waals surface area contributed by atoms with Gasteiger partial charge in [-0.15, -0.1) is 0 Å². The van der Waals surface area contributed by atoms with E-state index in [0.29, 0.717) is 18.4 Å². The van der Waals surface area contributed by atoms with E-state index in [-0.39, 0.29) is 11.3 Å². The van der Waals surface area contributed by atoms with Gasteiger partial charge >= 0.3 is 6.18 Å². The average molecular weight is 370 g/mol. The Morgan fingerprint density at radius 2 is 1.85 bits per heavy atom. The third kappa shape index (κ3) is 3.45. The number of nitrogens with zero attached hydrogens (tertiary/aromatic N) is 2. The van der Waals surface area contributed by atoms with Crippen LogP contribution in [0.2, 0.25) is 0 Å². The van der Waals surface area contributed by atoms with Crippen LogP contribution in [0.4, 0.5) is 19.0 Å². The Bertz CT molecular complexity index is 1120. The van der Waals surface area contributed by atoms with Crippen LogP contribution in [0.3, 0.4) is 0 Å². The minimum Gasteiger partial charge on any atom is -0.369 e. The van der Waals surface area contributed by atoms with Gasteiger partial charge in [0.05, 0.1) is 5.52 Å². The highest BCUT2D eigenvalue weighted by molar-refractivity contribution is 5.89. The van der Waals surface area contributed by atoms with Crippen molar-refractivity contribution in [2.75, 3.05) is 11.9 Å². The lowest BCUT2D eigenvalue weighted by Gasteiger charge is -2.12. The van der Waals surface area contributed by atoms with Crippen LogP contribution in [0.5, 0.6) is 0 Å². The number of anilines is 1. The van der Waals surface area contributed by atoms with Gasteiger partial charge in [-0.05, 0) is 37.1 Å². The molecule has 0 saturated heterocycles. The van der Waals surface area contributed by atoms with E-state index in [1.165, 1.54) is 0 Å². The van der Waals surface area contributed by atoms with E-state index in [1.807, 2.05) is 37.4 Å². The maximum atomic E-state index is 13.1. The van der Waals surface area contributed by atoms with Gasteiger partial charge in [0.15, 0.2) is 0 Å². The summed E-state index contributed by atoms with van der Waals surface area (Å²) < 4.78 is 39.4. The molecule has 2 heterocycles. The Kier molecular flexibility index (Phi) is 4.22. The minimum absolute atomic E-state index is 0.205. The number of aromatic amines is 1. The van der Waals surface area contributed by atoms with Gasteiger partial charge in [-0.3, -0.25) is 0 Å². The fraction of sp³-hybridized carbons (Fsp3) is 0.200. The summed E-state index contributed by atoms with van der Waals surface area (Å²) in [5, 5.41) is 4.76. The first-order valence-electron chi connectivity index (χ1n) is 8.56. The molecule has 2 N–H and O–H groups in total. The maximum Gasteiger partial charge on any atom is 0.451 e. The molecule has 0 aliphatic heterocycles. The summed E-state index contributed by atoms with van der Waals surface area (Å²) in [7, 11) is 0. The predicted octanol–water partition coefficient (Wildman–Crippen LogP) is 5.09. The summed E-state index contributed by atoms with van der Waals surface area (Å²) in [6.45, 7) is 2.34. The number of benzene rings is 2. The summed E-state index contributed by atoms with van der Waals surface area (Å²) >= 11 is 0. The second-order valence-electron chi connectivity index (χ2n) is 6.45. The van der Waals surface area contributed by atoms with Crippen molar-refractivity contribution in [2.24, 2.45) is 0 Å². The van der Waals surface area contributed by atoms with Gasteiger partial charge < -0.3 is 10.3 Å². The third-order valence-electron chi connectivity index (χ3n) is 4.47. The zero-order chi connectivity index (χ0) is 19.0. The Morgan fingerprint density at radius 3 is 2.67 bits per heavy atom. The Hall–Kier alpha value is -3.09. The summed E-state index contributed by atoms with van der Waals surface area (Å²) in [5.74, 6) is -0.927. The minimum atomic E-state index is -4.59. The van der Waals surface area contributed by atoms with E-state index in [2.05, 4.69) is 20.3 Å². The van der Waals surface area contributed by atoms with Crippen molar-refractivity contribution in [1.82, 2.24) is 15.0 Å². The standard InChI is InChI=1S/C20H17F3N4/c1-12-6-7-17-15(10-12)18(27-19(26-17)20(21,22)23)24-9-8-13-11-25-16-5-3-2-4-14(13)16/h2-7,10-11,25H,8-9H2,1H3,(H,24,26,27). The molecule has 0 atom stereocenters. The lowest BCUT2D eigenvalue weighted by atomic mass is 10.1. The average Bonchev–Trinajstić information content (AvgIpc) is 3.04. The van der Waals surface area contributed by atoms with Crippen LogP contribution in [0.15, 0.2) is 48.7 Å². The quantitative estimate of drug-likeness (QED) is 0.526. The largest absolute Gasteiger partial charge is 0.451 e. The van der Waals surface area contributed by atoms with Gasteiger partial charge in [-0.25, -0.2) is 9.97 Å². The molecule has 0 aliphatic rings. The maximum absolute atomic E-state index is 13.1. The van der Waals surface area contributed by atoms with Crippen LogP contribution >= 0.6 is 0 Å². The molecular formula is C20H17F3N4. The molecule has 2 aromatic heterocycles. The van der Waals surface area contributed by atoms with Crippen molar-refractivity contribution in [3.05, 3.63) is 65.6 Å². The fourth-order valence-corrected chi connectivity index (χ4v) is 3.16. The number of rotatable bonds is 4. The first-order valence-corrected chi connectivity index (χ1v) is 8.56. The number of para-hydroxylation sites is 1. The summed E-state index contributed by atoms with van der Waals surface area (Å²) in [6, 6.07) is 13.1. The number of nitrogens with one attached hydrogen (secondary N) is 2. The molecule has 0 aliphatic carbocycles.